The highest BCUT2D eigenvalue weighted by Gasteiger charge is 2.42. The fourth-order valence-corrected chi connectivity index (χ4v) is 2.34. The van der Waals surface area contributed by atoms with Gasteiger partial charge in [0, 0.05) is 12.5 Å². The van der Waals surface area contributed by atoms with Crippen LogP contribution in [0.15, 0.2) is 12.2 Å². The smallest absolute Gasteiger partial charge is 0.163 e. The number of ether oxygens (including phenoxy) is 2. The van der Waals surface area contributed by atoms with Crippen LogP contribution in [-0.2, 0) is 9.47 Å². The van der Waals surface area contributed by atoms with Gasteiger partial charge in [-0.2, -0.15) is 0 Å². The summed E-state index contributed by atoms with van der Waals surface area (Å²) < 4.78 is 11.8. The van der Waals surface area contributed by atoms with Gasteiger partial charge in [-0.25, -0.2) is 0 Å². The molecule has 0 aromatic rings. The van der Waals surface area contributed by atoms with E-state index in [0.29, 0.717) is 24.2 Å². The van der Waals surface area contributed by atoms with Crippen molar-refractivity contribution < 1.29 is 14.6 Å². The molecule has 1 N–H and O–H groups in total. The summed E-state index contributed by atoms with van der Waals surface area (Å²) in [4.78, 5) is 0. The lowest BCUT2D eigenvalue weighted by Crippen LogP contribution is -2.29. The molecule has 1 aliphatic rings. The standard InChI is InChI=1S/C16H30O3/c1-11(2)12(3)7-8-13(4)15-14(9-10-17)18-16(5,6)19-15/h7-8,11-15,17H,9-10H2,1-6H3/b8-7-/t12-,13?,14-,15+/m0/s1. The van der Waals surface area contributed by atoms with E-state index in [1.807, 2.05) is 13.8 Å². The molecule has 0 aromatic carbocycles. The average Bonchev–Trinajstić information content (AvgIpc) is 2.61. The molecule has 0 bridgehead atoms. The Kier molecular flexibility index (Phi) is 6.03. The van der Waals surface area contributed by atoms with Crippen LogP contribution in [0.1, 0.15) is 48.0 Å². The Morgan fingerprint density at radius 3 is 2.26 bits per heavy atom. The van der Waals surface area contributed by atoms with Gasteiger partial charge in [0.15, 0.2) is 5.79 Å². The zero-order valence-electron chi connectivity index (χ0n) is 13.2. The number of allylic oxidation sites excluding steroid dienone is 1. The van der Waals surface area contributed by atoms with Crippen molar-refractivity contribution in [3.63, 3.8) is 0 Å². The molecule has 19 heavy (non-hydrogen) atoms. The zero-order valence-corrected chi connectivity index (χ0v) is 13.2. The molecule has 0 radical (unpaired) electrons. The summed E-state index contributed by atoms with van der Waals surface area (Å²) in [5, 5.41) is 9.13. The van der Waals surface area contributed by atoms with Crippen LogP contribution in [0.4, 0.5) is 0 Å². The Labute approximate surface area is 118 Å². The Bertz CT molecular complexity index is 296. The van der Waals surface area contributed by atoms with Gasteiger partial charge in [-0.15, -0.1) is 0 Å². The van der Waals surface area contributed by atoms with Crippen molar-refractivity contribution in [3.8, 4) is 0 Å². The van der Waals surface area contributed by atoms with Gasteiger partial charge in [-0.05, 0) is 32.1 Å². The van der Waals surface area contributed by atoms with Crippen molar-refractivity contribution in [1.82, 2.24) is 0 Å². The number of rotatable bonds is 6. The topological polar surface area (TPSA) is 38.7 Å². The third-order valence-electron chi connectivity index (χ3n) is 3.92. The van der Waals surface area contributed by atoms with Crippen LogP contribution < -0.4 is 0 Å². The van der Waals surface area contributed by atoms with Crippen LogP contribution in [0.2, 0.25) is 0 Å². The normalized spacial score (nSPS) is 30.1. The SMILES string of the molecule is CC(/C=C\[C@H](C)C(C)C)[C@H]1OC(C)(C)O[C@H]1CCO. The molecule has 4 atom stereocenters. The van der Waals surface area contributed by atoms with Gasteiger partial charge in [0.05, 0.1) is 12.2 Å². The monoisotopic (exact) mass is 270 g/mol. The maximum Gasteiger partial charge on any atom is 0.163 e. The van der Waals surface area contributed by atoms with Crippen LogP contribution >= 0.6 is 0 Å². The molecule has 0 aromatic heterocycles. The van der Waals surface area contributed by atoms with Gasteiger partial charge in [0.1, 0.15) is 0 Å². The second-order valence-electron chi connectivity index (χ2n) is 6.50. The van der Waals surface area contributed by atoms with Crippen molar-refractivity contribution in [2.45, 2.75) is 66.0 Å². The van der Waals surface area contributed by atoms with Crippen LogP contribution in [0.5, 0.6) is 0 Å². The van der Waals surface area contributed by atoms with Gasteiger partial charge in [0.2, 0.25) is 0 Å². The summed E-state index contributed by atoms with van der Waals surface area (Å²) in [6.07, 6.45) is 5.13. The van der Waals surface area contributed by atoms with Gasteiger partial charge < -0.3 is 14.6 Å². The van der Waals surface area contributed by atoms with E-state index in [9.17, 15) is 0 Å². The first-order valence-electron chi connectivity index (χ1n) is 7.41. The van der Waals surface area contributed by atoms with Crippen molar-refractivity contribution in [2.24, 2.45) is 17.8 Å². The molecule has 1 aliphatic heterocycles. The average molecular weight is 270 g/mol. The lowest BCUT2D eigenvalue weighted by molar-refractivity contribution is -0.149. The molecule has 3 heteroatoms. The van der Waals surface area contributed by atoms with E-state index in [4.69, 9.17) is 14.6 Å². The molecule has 0 spiro atoms. The van der Waals surface area contributed by atoms with E-state index in [1.165, 1.54) is 0 Å². The van der Waals surface area contributed by atoms with Crippen LogP contribution in [0.3, 0.4) is 0 Å². The first kappa shape index (κ1) is 16.7. The van der Waals surface area contributed by atoms with Gasteiger partial charge in [0.25, 0.3) is 0 Å². The maximum absolute atomic E-state index is 9.13. The summed E-state index contributed by atoms with van der Waals surface area (Å²) >= 11 is 0. The van der Waals surface area contributed by atoms with Crippen molar-refractivity contribution in [3.05, 3.63) is 12.2 Å². The van der Waals surface area contributed by atoms with E-state index in [-0.39, 0.29) is 18.8 Å². The molecule has 1 saturated heterocycles. The molecule has 3 nitrogen and oxygen atoms in total. The fraction of sp³-hybridized carbons (Fsp3) is 0.875. The molecule has 112 valence electrons. The molecule has 0 amide bonds. The summed E-state index contributed by atoms with van der Waals surface area (Å²) in [7, 11) is 0. The fourth-order valence-electron chi connectivity index (χ4n) is 2.34. The zero-order chi connectivity index (χ0) is 14.6. The lowest BCUT2D eigenvalue weighted by atomic mass is 9.93. The Hall–Kier alpha value is -0.380. The van der Waals surface area contributed by atoms with Gasteiger partial charge in [-0.3, -0.25) is 0 Å². The highest BCUT2D eigenvalue weighted by Crippen LogP contribution is 2.34. The quantitative estimate of drug-likeness (QED) is 0.752. The number of aliphatic hydroxyl groups excluding tert-OH is 1. The predicted molar refractivity (Wildman–Crippen MR) is 77.8 cm³/mol. The molecular formula is C16H30O3. The van der Waals surface area contributed by atoms with Crippen molar-refractivity contribution in [2.75, 3.05) is 6.61 Å². The van der Waals surface area contributed by atoms with Gasteiger partial charge in [-0.1, -0.05) is 39.8 Å². The predicted octanol–water partition coefficient (Wildman–Crippen LogP) is 3.37. The second kappa shape index (κ2) is 6.87. The molecule has 0 saturated carbocycles. The summed E-state index contributed by atoms with van der Waals surface area (Å²) in [6, 6.07) is 0. The summed E-state index contributed by atoms with van der Waals surface area (Å²) in [5.41, 5.74) is 0. The van der Waals surface area contributed by atoms with E-state index in [0.717, 1.165) is 0 Å². The minimum absolute atomic E-state index is 0.0194. The van der Waals surface area contributed by atoms with E-state index < -0.39 is 5.79 Å². The molecule has 1 heterocycles. The first-order chi connectivity index (χ1) is 8.76. The van der Waals surface area contributed by atoms with E-state index >= 15 is 0 Å². The number of aliphatic hydroxyl groups is 1. The second-order valence-corrected chi connectivity index (χ2v) is 6.50. The van der Waals surface area contributed by atoms with Crippen molar-refractivity contribution >= 4 is 0 Å². The minimum atomic E-state index is -0.545. The highest BCUT2D eigenvalue weighted by atomic mass is 16.8. The summed E-state index contributed by atoms with van der Waals surface area (Å²) in [5.74, 6) is 0.957. The molecule has 1 rings (SSSR count). The Morgan fingerprint density at radius 1 is 1.11 bits per heavy atom. The molecule has 1 unspecified atom stereocenters. The van der Waals surface area contributed by atoms with E-state index in [1.54, 1.807) is 0 Å². The molecule has 1 fully saturated rings. The van der Waals surface area contributed by atoms with Crippen LogP contribution in [0.25, 0.3) is 0 Å². The third kappa shape index (κ3) is 4.90. The first-order valence-corrected chi connectivity index (χ1v) is 7.41. The Balaban J connectivity index is 2.66. The number of hydrogen-bond acceptors (Lipinski definition) is 3. The molecule has 0 aliphatic carbocycles. The number of hydrogen-bond donors (Lipinski definition) is 1. The van der Waals surface area contributed by atoms with Crippen LogP contribution in [0, 0.1) is 17.8 Å². The minimum Gasteiger partial charge on any atom is -0.396 e. The lowest BCUT2D eigenvalue weighted by Gasteiger charge is -2.21. The van der Waals surface area contributed by atoms with E-state index in [2.05, 4.69) is 39.8 Å². The highest BCUT2D eigenvalue weighted by molar-refractivity contribution is 4.98. The summed E-state index contributed by atoms with van der Waals surface area (Å²) in [6.45, 7) is 12.9. The van der Waals surface area contributed by atoms with Gasteiger partial charge >= 0.3 is 0 Å². The Morgan fingerprint density at radius 2 is 1.74 bits per heavy atom. The molecular weight excluding hydrogens is 240 g/mol. The largest absolute Gasteiger partial charge is 0.396 e. The van der Waals surface area contributed by atoms with Crippen molar-refractivity contribution in [1.29, 1.82) is 0 Å². The van der Waals surface area contributed by atoms with Crippen LogP contribution in [-0.4, -0.2) is 29.7 Å². The maximum atomic E-state index is 9.13. The third-order valence-corrected chi connectivity index (χ3v) is 3.92.